The molecule has 1 atom stereocenters. The van der Waals surface area contributed by atoms with E-state index in [0.29, 0.717) is 0 Å². The van der Waals surface area contributed by atoms with Crippen molar-refractivity contribution in [3.05, 3.63) is 59.7 Å². The Labute approximate surface area is 193 Å². The van der Waals surface area contributed by atoms with E-state index in [1.165, 1.54) is 0 Å². The maximum atomic E-state index is 12.4. The smallest absolute Gasteiger partial charge is 0.407 e. The molecule has 8 heteroatoms. The molecule has 1 aliphatic carbocycles. The van der Waals surface area contributed by atoms with E-state index in [2.05, 4.69) is 22.8 Å². The van der Waals surface area contributed by atoms with Crippen molar-refractivity contribution in [3.63, 3.8) is 0 Å². The number of ether oxygens (including phenoxy) is 1. The molecule has 176 valence electrons. The number of rotatable bonds is 10. The summed E-state index contributed by atoms with van der Waals surface area (Å²) < 4.78 is 5.51. The molecule has 0 aromatic heterocycles. The minimum Gasteiger partial charge on any atom is -0.480 e. The average Bonchev–Trinajstić information content (AvgIpc) is 3.09. The Balaban J connectivity index is 1.51. The average molecular weight is 455 g/mol. The molecule has 0 heterocycles. The van der Waals surface area contributed by atoms with E-state index in [-0.39, 0.29) is 38.5 Å². The van der Waals surface area contributed by atoms with Crippen LogP contribution in [0.4, 0.5) is 4.79 Å². The number of alkyl carbamates (subject to hydrolysis) is 1. The van der Waals surface area contributed by atoms with E-state index in [9.17, 15) is 14.4 Å². The number of aliphatic hydroxyl groups excluding tert-OH is 1. The molecule has 0 unspecified atom stereocenters. The molecule has 1 aliphatic rings. The quantitative estimate of drug-likeness (QED) is 0.438. The molecule has 0 radical (unpaired) electrons. The van der Waals surface area contributed by atoms with Gasteiger partial charge in [0.05, 0.1) is 0 Å². The summed E-state index contributed by atoms with van der Waals surface area (Å²) in [6, 6.07) is 15.0. The standard InChI is InChI=1S/C25H30N2O6/c1-25(2,13-22(29)27-21(11-12-28)23(30)31)15-26-24(32)33-14-20-18-9-5-3-7-16(18)17-8-4-6-10-19(17)20/h3-10,20-21,28H,11-15H2,1-2H3,(H,26,32)(H,27,29)(H,30,31)/t21-/m1/s1. The second kappa shape index (κ2) is 10.5. The predicted molar refractivity (Wildman–Crippen MR) is 123 cm³/mol. The third-order valence-electron chi connectivity index (χ3n) is 5.75. The van der Waals surface area contributed by atoms with E-state index >= 15 is 0 Å². The molecule has 4 N–H and O–H groups in total. The van der Waals surface area contributed by atoms with Crippen molar-refractivity contribution in [1.82, 2.24) is 10.6 Å². The van der Waals surface area contributed by atoms with Gasteiger partial charge in [-0.25, -0.2) is 9.59 Å². The van der Waals surface area contributed by atoms with E-state index in [1.54, 1.807) is 13.8 Å². The van der Waals surface area contributed by atoms with Gasteiger partial charge in [-0.15, -0.1) is 0 Å². The Kier molecular flexibility index (Phi) is 7.71. The molecule has 8 nitrogen and oxygen atoms in total. The van der Waals surface area contributed by atoms with Crippen LogP contribution in [0, 0.1) is 5.41 Å². The number of benzene rings is 2. The van der Waals surface area contributed by atoms with Gasteiger partial charge in [0.15, 0.2) is 0 Å². The van der Waals surface area contributed by atoms with E-state index in [1.807, 2.05) is 36.4 Å². The Bertz CT molecular complexity index is 974. The molecular formula is C25H30N2O6. The summed E-state index contributed by atoms with van der Waals surface area (Å²) >= 11 is 0. The van der Waals surface area contributed by atoms with Crippen molar-refractivity contribution in [2.75, 3.05) is 19.8 Å². The van der Waals surface area contributed by atoms with E-state index < -0.39 is 29.4 Å². The Morgan fingerprint density at radius 2 is 1.61 bits per heavy atom. The van der Waals surface area contributed by atoms with Crippen LogP contribution in [-0.2, 0) is 14.3 Å². The maximum Gasteiger partial charge on any atom is 0.407 e. The monoisotopic (exact) mass is 454 g/mol. The summed E-state index contributed by atoms with van der Waals surface area (Å²) in [5.41, 5.74) is 3.92. The highest BCUT2D eigenvalue weighted by molar-refractivity contribution is 5.84. The maximum absolute atomic E-state index is 12.4. The summed E-state index contributed by atoms with van der Waals surface area (Å²) in [5, 5.41) is 23.1. The van der Waals surface area contributed by atoms with Crippen LogP contribution in [0.15, 0.2) is 48.5 Å². The van der Waals surface area contributed by atoms with Gasteiger partial charge in [0.1, 0.15) is 12.6 Å². The molecule has 3 rings (SSSR count). The molecule has 0 fully saturated rings. The number of fused-ring (bicyclic) bond motifs is 3. The summed E-state index contributed by atoms with van der Waals surface area (Å²) in [5.74, 6) is -1.71. The van der Waals surface area contributed by atoms with Crippen LogP contribution in [0.25, 0.3) is 11.1 Å². The zero-order chi connectivity index (χ0) is 24.0. The molecule has 0 aliphatic heterocycles. The molecule has 2 aromatic carbocycles. The molecule has 0 saturated heterocycles. The van der Waals surface area contributed by atoms with Crippen molar-refractivity contribution in [1.29, 1.82) is 0 Å². The zero-order valence-corrected chi connectivity index (χ0v) is 18.8. The molecular weight excluding hydrogens is 424 g/mol. The second-order valence-corrected chi connectivity index (χ2v) is 8.99. The third kappa shape index (κ3) is 6.10. The fourth-order valence-electron chi connectivity index (χ4n) is 4.09. The van der Waals surface area contributed by atoms with Gasteiger partial charge < -0.3 is 25.6 Å². The lowest BCUT2D eigenvalue weighted by Crippen LogP contribution is -2.44. The first-order valence-corrected chi connectivity index (χ1v) is 10.9. The minimum absolute atomic E-state index is 0.00582. The number of aliphatic carboxylic acids is 1. The van der Waals surface area contributed by atoms with Crippen LogP contribution in [0.3, 0.4) is 0 Å². The number of amides is 2. The first-order valence-electron chi connectivity index (χ1n) is 10.9. The number of carbonyl (C=O) groups excluding carboxylic acids is 2. The van der Waals surface area contributed by atoms with E-state index in [0.717, 1.165) is 22.3 Å². The number of nitrogens with one attached hydrogen (secondary N) is 2. The van der Waals surface area contributed by atoms with Gasteiger partial charge in [-0.3, -0.25) is 4.79 Å². The van der Waals surface area contributed by atoms with Crippen LogP contribution < -0.4 is 10.6 Å². The number of carboxylic acids is 1. The summed E-state index contributed by atoms with van der Waals surface area (Å²) in [6.45, 7) is 3.61. The fraction of sp³-hybridized carbons (Fsp3) is 0.400. The molecule has 0 saturated carbocycles. The van der Waals surface area contributed by atoms with Crippen molar-refractivity contribution in [2.45, 2.75) is 38.6 Å². The normalized spacial score (nSPS) is 13.5. The van der Waals surface area contributed by atoms with Crippen LogP contribution >= 0.6 is 0 Å². The van der Waals surface area contributed by atoms with E-state index in [4.69, 9.17) is 14.9 Å². The second-order valence-electron chi connectivity index (χ2n) is 8.99. The molecule has 0 spiro atoms. The third-order valence-corrected chi connectivity index (χ3v) is 5.75. The first kappa shape index (κ1) is 24.3. The van der Waals surface area contributed by atoms with Crippen molar-refractivity contribution >= 4 is 18.0 Å². The van der Waals surface area contributed by atoms with Crippen LogP contribution in [-0.4, -0.2) is 54.0 Å². The van der Waals surface area contributed by atoms with Gasteiger partial charge >= 0.3 is 12.1 Å². The summed E-state index contributed by atoms with van der Waals surface area (Å²) in [7, 11) is 0. The Hall–Kier alpha value is -3.39. The highest BCUT2D eigenvalue weighted by Crippen LogP contribution is 2.44. The highest BCUT2D eigenvalue weighted by atomic mass is 16.5. The van der Waals surface area contributed by atoms with Gasteiger partial charge in [0, 0.05) is 31.9 Å². The van der Waals surface area contributed by atoms with Crippen molar-refractivity contribution in [2.24, 2.45) is 5.41 Å². The number of carbonyl (C=O) groups is 3. The molecule has 33 heavy (non-hydrogen) atoms. The number of hydrogen-bond donors (Lipinski definition) is 4. The predicted octanol–water partition coefficient (Wildman–Crippen LogP) is 2.89. The van der Waals surface area contributed by atoms with Gasteiger partial charge in [-0.05, 0) is 27.7 Å². The lowest BCUT2D eigenvalue weighted by molar-refractivity contribution is -0.142. The molecule has 2 aromatic rings. The van der Waals surface area contributed by atoms with Gasteiger partial charge in [-0.2, -0.15) is 0 Å². The lowest BCUT2D eigenvalue weighted by Gasteiger charge is -2.25. The van der Waals surface area contributed by atoms with Crippen molar-refractivity contribution < 1.29 is 29.3 Å². The Morgan fingerprint density at radius 1 is 1.03 bits per heavy atom. The van der Waals surface area contributed by atoms with Gasteiger partial charge in [0.25, 0.3) is 0 Å². The van der Waals surface area contributed by atoms with Gasteiger partial charge in [0.2, 0.25) is 5.91 Å². The van der Waals surface area contributed by atoms with Gasteiger partial charge in [-0.1, -0.05) is 62.4 Å². The summed E-state index contributed by atoms with van der Waals surface area (Å²) in [6.07, 6.45) is -0.639. The van der Waals surface area contributed by atoms with Crippen LogP contribution in [0.1, 0.15) is 43.7 Å². The topological polar surface area (TPSA) is 125 Å². The van der Waals surface area contributed by atoms with Crippen molar-refractivity contribution in [3.8, 4) is 11.1 Å². The van der Waals surface area contributed by atoms with Crippen LogP contribution in [0.5, 0.6) is 0 Å². The fourth-order valence-corrected chi connectivity index (χ4v) is 4.09. The minimum atomic E-state index is -1.20. The summed E-state index contributed by atoms with van der Waals surface area (Å²) in [4.78, 5) is 35.7. The highest BCUT2D eigenvalue weighted by Gasteiger charge is 2.30. The number of aliphatic hydroxyl groups is 1. The SMILES string of the molecule is CC(C)(CNC(=O)OCC1c2ccccc2-c2ccccc21)CC(=O)N[C@H](CCO)C(=O)O. The number of hydrogen-bond acceptors (Lipinski definition) is 5. The Morgan fingerprint density at radius 3 is 2.15 bits per heavy atom. The van der Waals surface area contributed by atoms with Crippen LogP contribution in [0.2, 0.25) is 0 Å². The molecule has 0 bridgehead atoms. The number of carboxylic acid groups (broad SMARTS) is 1. The molecule has 2 amide bonds. The first-order chi connectivity index (χ1) is 15.7. The largest absolute Gasteiger partial charge is 0.480 e. The zero-order valence-electron chi connectivity index (χ0n) is 18.8. The lowest BCUT2D eigenvalue weighted by atomic mass is 9.88.